The van der Waals surface area contributed by atoms with Crippen LogP contribution in [0.4, 0.5) is 10.1 Å². The summed E-state index contributed by atoms with van der Waals surface area (Å²) in [5.41, 5.74) is 1.02. The smallest absolute Gasteiger partial charge is 0.254 e. The summed E-state index contributed by atoms with van der Waals surface area (Å²) in [5, 5.41) is 8.84. The van der Waals surface area contributed by atoms with Gasteiger partial charge in [-0.2, -0.15) is 0 Å². The molecule has 2 aliphatic rings. The van der Waals surface area contributed by atoms with Crippen molar-refractivity contribution in [3.05, 3.63) is 29.1 Å². The third kappa shape index (κ3) is 2.97. The molecule has 2 amide bonds. The molecule has 22 heavy (non-hydrogen) atoms. The van der Waals surface area contributed by atoms with Gasteiger partial charge in [-0.05, 0) is 57.0 Å². The molecular formula is C16H20FN3O2. The quantitative estimate of drug-likeness (QED) is 0.777. The van der Waals surface area contributed by atoms with E-state index in [1.54, 1.807) is 6.07 Å². The second-order valence-electron chi connectivity index (χ2n) is 6.30. The number of fused-ring (bicyclic) bond motifs is 1. The standard InChI is InChI=1S/C16H20FN3O2/c1-16(4-6-18-7-5-16)20-15(22)11-8-10-2-3-14(21)19-13(10)9-12(11)17/h8-9,18H,2-7H2,1H3,(H,19,21)(H,20,22). The third-order valence-electron chi connectivity index (χ3n) is 4.46. The van der Waals surface area contributed by atoms with Gasteiger partial charge in [0.1, 0.15) is 5.82 Å². The molecule has 118 valence electrons. The molecule has 0 bridgehead atoms. The maximum Gasteiger partial charge on any atom is 0.254 e. The first-order valence-corrected chi connectivity index (χ1v) is 7.62. The van der Waals surface area contributed by atoms with Crippen LogP contribution in [0.1, 0.15) is 42.1 Å². The molecule has 1 aromatic carbocycles. The van der Waals surface area contributed by atoms with Crippen LogP contribution in [0.5, 0.6) is 0 Å². The molecule has 2 aliphatic heterocycles. The van der Waals surface area contributed by atoms with Gasteiger partial charge in [-0.3, -0.25) is 9.59 Å². The number of anilines is 1. The van der Waals surface area contributed by atoms with Crippen molar-refractivity contribution in [1.29, 1.82) is 0 Å². The Bertz CT molecular complexity index is 624. The van der Waals surface area contributed by atoms with Crippen LogP contribution >= 0.6 is 0 Å². The van der Waals surface area contributed by atoms with Crippen LogP contribution in [-0.2, 0) is 11.2 Å². The second kappa shape index (κ2) is 5.68. The Morgan fingerprint density at radius 1 is 1.27 bits per heavy atom. The summed E-state index contributed by atoms with van der Waals surface area (Å²) in [7, 11) is 0. The van der Waals surface area contributed by atoms with Gasteiger partial charge in [-0.25, -0.2) is 4.39 Å². The molecule has 6 heteroatoms. The molecule has 1 saturated heterocycles. The fourth-order valence-electron chi connectivity index (χ4n) is 3.02. The maximum absolute atomic E-state index is 14.2. The number of carbonyl (C=O) groups is 2. The zero-order valence-electron chi connectivity index (χ0n) is 12.6. The summed E-state index contributed by atoms with van der Waals surface area (Å²) in [4.78, 5) is 23.8. The van der Waals surface area contributed by atoms with Crippen molar-refractivity contribution in [3.63, 3.8) is 0 Å². The van der Waals surface area contributed by atoms with Crippen LogP contribution in [0.2, 0.25) is 0 Å². The first kappa shape index (κ1) is 15.0. The molecule has 3 N–H and O–H groups in total. The Balaban J connectivity index is 1.82. The summed E-state index contributed by atoms with van der Waals surface area (Å²) in [6.45, 7) is 3.67. The van der Waals surface area contributed by atoms with Gasteiger partial charge in [0.25, 0.3) is 5.91 Å². The molecule has 1 aromatic rings. The van der Waals surface area contributed by atoms with Gasteiger partial charge in [0, 0.05) is 17.6 Å². The molecule has 0 spiro atoms. The van der Waals surface area contributed by atoms with Gasteiger partial charge in [-0.15, -0.1) is 0 Å². The van der Waals surface area contributed by atoms with E-state index in [9.17, 15) is 14.0 Å². The summed E-state index contributed by atoms with van der Waals surface area (Å²) in [6.07, 6.45) is 2.54. The van der Waals surface area contributed by atoms with E-state index in [1.807, 2.05) is 6.92 Å². The van der Waals surface area contributed by atoms with E-state index in [4.69, 9.17) is 0 Å². The van der Waals surface area contributed by atoms with E-state index in [2.05, 4.69) is 16.0 Å². The van der Waals surface area contributed by atoms with Crippen molar-refractivity contribution in [2.75, 3.05) is 18.4 Å². The van der Waals surface area contributed by atoms with Gasteiger partial charge < -0.3 is 16.0 Å². The molecule has 0 unspecified atom stereocenters. The van der Waals surface area contributed by atoms with Crippen molar-refractivity contribution >= 4 is 17.5 Å². The lowest BCUT2D eigenvalue weighted by Crippen LogP contribution is -2.52. The largest absolute Gasteiger partial charge is 0.347 e. The van der Waals surface area contributed by atoms with E-state index in [0.29, 0.717) is 18.5 Å². The predicted molar refractivity (Wildman–Crippen MR) is 81.3 cm³/mol. The molecular weight excluding hydrogens is 285 g/mol. The molecule has 5 nitrogen and oxygen atoms in total. The highest BCUT2D eigenvalue weighted by molar-refractivity contribution is 5.98. The van der Waals surface area contributed by atoms with Crippen LogP contribution in [0.15, 0.2) is 12.1 Å². The van der Waals surface area contributed by atoms with Crippen LogP contribution < -0.4 is 16.0 Å². The summed E-state index contributed by atoms with van der Waals surface area (Å²) < 4.78 is 14.2. The Morgan fingerprint density at radius 2 is 2.00 bits per heavy atom. The zero-order valence-corrected chi connectivity index (χ0v) is 12.6. The van der Waals surface area contributed by atoms with Crippen LogP contribution in [0, 0.1) is 5.82 Å². The lowest BCUT2D eigenvalue weighted by Gasteiger charge is -2.35. The Labute approximate surface area is 128 Å². The summed E-state index contributed by atoms with van der Waals surface area (Å²) >= 11 is 0. The summed E-state index contributed by atoms with van der Waals surface area (Å²) in [5.74, 6) is -1.11. The SMILES string of the molecule is CC1(NC(=O)c2cc3c(cc2F)NC(=O)CC3)CCNCC1. The van der Waals surface area contributed by atoms with E-state index in [0.717, 1.165) is 31.5 Å². The minimum atomic E-state index is -0.601. The Hall–Kier alpha value is -1.95. The first-order valence-electron chi connectivity index (χ1n) is 7.62. The first-order chi connectivity index (χ1) is 10.5. The van der Waals surface area contributed by atoms with Crippen LogP contribution in [0.25, 0.3) is 0 Å². The van der Waals surface area contributed by atoms with Crippen LogP contribution in [-0.4, -0.2) is 30.4 Å². The molecule has 0 aromatic heterocycles. The number of amides is 2. The highest BCUT2D eigenvalue weighted by Gasteiger charge is 2.30. The number of piperidine rings is 1. The maximum atomic E-state index is 14.2. The van der Waals surface area contributed by atoms with Gasteiger partial charge in [0.05, 0.1) is 5.56 Å². The molecule has 0 aliphatic carbocycles. The topological polar surface area (TPSA) is 70.2 Å². The number of nitrogens with one attached hydrogen (secondary N) is 3. The van der Waals surface area contributed by atoms with Crippen molar-refractivity contribution in [2.24, 2.45) is 0 Å². The third-order valence-corrected chi connectivity index (χ3v) is 4.46. The van der Waals surface area contributed by atoms with E-state index in [1.165, 1.54) is 6.07 Å². The van der Waals surface area contributed by atoms with E-state index < -0.39 is 5.82 Å². The minimum absolute atomic E-state index is 0.0506. The molecule has 3 rings (SSSR count). The Morgan fingerprint density at radius 3 is 2.73 bits per heavy atom. The number of halogens is 1. The molecule has 0 saturated carbocycles. The lowest BCUT2D eigenvalue weighted by atomic mass is 9.90. The average Bonchev–Trinajstić information content (AvgIpc) is 2.46. The highest BCUT2D eigenvalue weighted by atomic mass is 19.1. The summed E-state index contributed by atoms with van der Waals surface area (Å²) in [6, 6.07) is 2.80. The van der Waals surface area contributed by atoms with Crippen LogP contribution in [0.3, 0.4) is 0 Å². The Kier molecular flexibility index (Phi) is 3.87. The zero-order chi connectivity index (χ0) is 15.7. The van der Waals surface area contributed by atoms with Crippen molar-refractivity contribution in [2.45, 2.75) is 38.1 Å². The highest BCUT2D eigenvalue weighted by Crippen LogP contribution is 2.26. The van der Waals surface area contributed by atoms with Gasteiger partial charge >= 0.3 is 0 Å². The molecule has 0 radical (unpaired) electrons. The number of benzene rings is 1. The van der Waals surface area contributed by atoms with Gasteiger partial charge in [0.15, 0.2) is 0 Å². The average molecular weight is 305 g/mol. The number of aryl methyl sites for hydroxylation is 1. The number of rotatable bonds is 2. The monoisotopic (exact) mass is 305 g/mol. The second-order valence-corrected chi connectivity index (χ2v) is 6.30. The molecule has 2 heterocycles. The number of hydrogen-bond donors (Lipinski definition) is 3. The normalized spacial score (nSPS) is 20.0. The lowest BCUT2D eigenvalue weighted by molar-refractivity contribution is -0.116. The van der Waals surface area contributed by atoms with Gasteiger partial charge in [-0.1, -0.05) is 0 Å². The van der Waals surface area contributed by atoms with Crippen molar-refractivity contribution in [3.8, 4) is 0 Å². The number of carbonyl (C=O) groups excluding carboxylic acids is 2. The number of hydrogen-bond acceptors (Lipinski definition) is 3. The fraction of sp³-hybridized carbons (Fsp3) is 0.500. The molecule has 0 atom stereocenters. The van der Waals surface area contributed by atoms with Crippen molar-refractivity contribution in [1.82, 2.24) is 10.6 Å². The van der Waals surface area contributed by atoms with E-state index >= 15 is 0 Å². The van der Waals surface area contributed by atoms with Gasteiger partial charge in [0.2, 0.25) is 5.91 Å². The minimum Gasteiger partial charge on any atom is -0.347 e. The molecule has 1 fully saturated rings. The predicted octanol–water partition coefficient (Wildman–Crippen LogP) is 1.58. The van der Waals surface area contributed by atoms with E-state index in [-0.39, 0.29) is 22.9 Å². The fourth-order valence-corrected chi connectivity index (χ4v) is 3.02. The van der Waals surface area contributed by atoms with Crippen molar-refractivity contribution < 1.29 is 14.0 Å².